The second kappa shape index (κ2) is 7.85. The van der Waals surface area contributed by atoms with Crippen LogP contribution in [0.2, 0.25) is 0 Å². The zero-order chi connectivity index (χ0) is 25.5. The molecule has 0 bridgehead atoms. The van der Waals surface area contributed by atoms with Crippen molar-refractivity contribution in [2.45, 2.75) is 6.04 Å². The van der Waals surface area contributed by atoms with Gasteiger partial charge in [-0.1, -0.05) is 48.6 Å². The summed E-state index contributed by atoms with van der Waals surface area (Å²) in [6.07, 6.45) is 12.6. The lowest BCUT2D eigenvalue weighted by Crippen LogP contribution is -2.30. The van der Waals surface area contributed by atoms with Crippen LogP contribution in [0.1, 0.15) is 6.04 Å². The van der Waals surface area contributed by atoms with Crippen LogP contribution in [0.4, 0.5) is 11.4 Å². The van der Waals surface area contributed by atoms with Crippen molar-refractivity contribution in [3.05, 3.63) is 128 Å². The fourth-order valence-corrected chi connectivity index (χ4v) is 7.69. The van der Waals surface area contributed by atoms with Gasteiger partial charge in [-0.2, -0.15) is 4.58 Å². The molecule has 2 aliphatic rings. The largest absolute Gasteiger partial charge is 0.318 e. The first-order valence-corrected chi connectivity index (χ1v) is 14.1. The summed E-state index contributed by atoms with van der Waals surface area (Å²) >= 11 is 1.89. The number of rotatable bonds is 2. The summed E-state index contributed by atoms with van der Waals surface area (Å²) in [4.78, 5) is 4.17. The molecule has 3 nitrogen and oxygen atoms in total. The molecule has 7 aromatic rings. The molecule has 4 heteroatoms. The maximum Gasteiger partial charge on any atom is 0.235 e. The summed E-state index contributed by atoms with van der Waals surface area (Å²) in [5, 5.41) is 5.40. The fourth-order valence-electron chi connectivity index (χ4n) is 6.58. The molecule has 0 saturated carbocycles. The van der Waals surface area contributed by atoms with E-state index in [1.807, 2.05) is 23.7 Å². The predicted molar refractivity (Wildman–Crippen MR) is 166 cm³/mol. The van der Waals surface area contributed by atoms with Crippen molar-refractivity contribution in [1.29, 1.82) is 0 Å². The number of allylic oxidation sites excluding steroid dienone is 4. The number of aromatic nitrogens is 2. The van der Waals surface area contributed by atoms with Crippen molar-refractivity contribution in [3.63, 3.8) is 0 Å². The third-order valence-corrected chi connectivity index (χ3v) is 9.33. The number of para-hydroxylation sites is 1. The Morgan fingerprint density at radius 1 is 0.692 bits per heavy atom. The van der Waals surface area contributed by atoms with E-state index in [4.69, 9.17) is 0 Å². The quantitative estimate of drug-likeness (QED) is 0.210. The van der Waals surface area contributed by atoms with Gasteiger partial charge in [0, 0.05) is 67.6 Å². The Hall–Kier alpha value is -4.80. The maximum absolute atomic E-state index is 4.17. The highest BCUT2D eigenvalue weighted by atomic mass is 32.1. The molecule has 1 aliphatic heterocycles. The van der Waals surface area contributed by atoms with E-state index in [-0.39, 0.29) is 6.04 Å². The normalized spacial score (nSPS) is 16.2. The molecular formula is C35H22N3S+. The Bertz CT molecular complexity index is 2210. The van der Waals surface area contributed by atoms with Gasteiger partial charge in [0.1, 0.15) is 11.6 Å². The van der Waals surface area contributed by atoms with E-state index in [1.165, 1.54) is 70.2 Å². The number of hydrogen-bond acceptors (Lipinski definition) is 2. The van der Waals surface area contributed by atoms with E-state index < -0.39 is 0 Å². The lowest BCUT2D eigenvalue weighted by molar-refractivity contribution is 0.781. The zero-order valence-corrected chi connectivity index (χ0v) is 21.8. The van der Waals surface area contributed by atoms with Crippen LogP contribution in [-0.2, 0) is 0 Å². The van der Waals surface area contributed by atoms with E-state index in [0.717, 1.165) is 0 Å². The molecule has 4 heterocycles. The zero-order valence-electron chi connectivity index (χ0n) is 21.0. The predicted octanol–water partition coefficient (Wildman–Crippen LogP) is 9.18. The van der Waals surface area contributed by atoms with Gasteiger partial charge in [0.2, 0.25) is 17.1 Å². The Labute approximate surface area is 228 Å². The smallest absolute Gasteiger partial charge is 0.235 e. The second-order valence-corrected chi connectivity index (χ2v) is 11.3. The van der Waals surface area contributed by atoms with Gasteiger partial charge in [-0.05, 0) is 53.6 Å². The molecule has 9 rings (SSSR count). The topological polar surface area (TPSA) is 20.8 Å². The van der Waals surface area contributed by atoms with Crippen molar-refractivity contribution in [1.82, 2.24) is 14.1 Å². The van der Waals surface area contributed by atoms with E-state index >= 15 is 0 Å². The van der Waals surface area contributed by atoms with Crippen LogP contribution in [0.25, 0.3) is 53.1 Å². The van der Waals surface area contributed by atoms with Crippen molar-refractivity contribution in [2.75, 3.05) is 0 Å². The number of thiophene rings is 1. The summed E-state index contributed by atoms with van der Waals surface area (Å²) in [6, 6.07) is 33.4. The third-order valence-electron chi connectivity index (χ3n) is 8.20. The molecule has 0 spiro atoms. The van der Waals surface area contributed by atoms with E-state index in [0.29, 0.717) is 0 Å². The van der Waals surface area contributed by atoms with Gasteiger partial charge in [-0.15, -0.1) is 11.3 Å². The highest BCUT2D eigenvalue weighted by Gasteiger charge is 2.37. The van der Waals surface area contributed by atoms with Gasteiger partial charge in [0.05, 0.1) is 5.52 Å². The van der Waals surface area contributed by atoms with Gasteiger partial charge >= 0.3 is 0 Å². The average molecular weight is 517 g/mol. The Morgan fingerprint density at radius 3 is 2.41 bits per heavy atom. The monoisotopic (exact) mass is 516 g/mol. The number of fused-ring (bicyclic) bond motifs is 9. The van der Waals surface area contributed by atoms with Crippen molar-refractivity contribution < 1.29 is 0 Å². The third kappa shape index (κ3) is 2.87. The summed E-state index contributed by atoms with van der Waals surface area (Å²) < 4.78 is 7.70. The van der Waals surface area contributed by atoms with Crippen molar-refractivity contribution in [2.24, 2.45) is 0 Å². The minimum absolute atomic E-state index is 0.118. The van der Waals surface area contributed by atoms with Crippen LogP contribution in [0.3, 0.4) is 0 Å². The van der Waals surface area contributed by atoms with Crippen LogP contribution >= 0.6 is 11.3 Å². The van der Waals surface area contributed by atoms with Gasteiger partial charge in [0.15, 0.2) is 0 Å². The molecule has 0 radical (unpaired) electrons. The number of pyridine rings is 1. The van der Waals surface area contributed by atoms with Gasteiger partial charge < -0.3 is 4.57 Å². The molecular weight excluding hydrogens is 494 g/mol. The van der Waals surface area contributed by atoms with Crippen molar-refractivity contribution >= 4 is 70.4 Å². The minimum Gasteiger partial charge on any atom is -0.318 e. The molecule has 1 unspecified atom stereocenters. The summed E-state index contributed by atoms with van der Waals surface area (Å²) in [5.41, 5.74) is 8.61. The highest BCUT2D eigenvalue weighted by Crippen LogP contribution is 2.47. The van der Waals surface area contributed by atoms with Crippen LogP contribution < -0.4 is 4.58 Å². The highest BCUT2D eigenvalue weighted by molar-refractivity contribution is 7.26. The Balaban J connectivity index is 1.36. The van der Waals surface area contributed by atoms with Crippen LogP contribution in [0.5, 0.6) is 0 Å². The van der Waals surface area contributed by atoms with E-state index in [2.05, 4.69) is 129 Å². The molecule has 39 heavy (non-hydrogen) atoms. The molecule has 0 N–H and O–H groups in total. The van der Waals surface area contributed by atoms with Crippen LogP contribution in [-0.4, -0.2) is 15.3 Å². The Kier molecular flexibility index (Phi) is 4.26. The second-order valence-electron chi connectivity index (χ2n) is 10.2. The molecule has 0 amide bonds. The molecule has 182 valence electrons. The molecule has 0 fully saturated rings. The summed E-state index contributed by atoms with van der Waals surface area (Å²) in [6.45, 7) is 0. The van der Waals surface area contributed by atoms with Gasteiger partial charge in [0.25, 0.3) is 0 Å². The standard InChI is InChI=1S/C35H22N3S/c1-4-11-31-25(6-1)34-32(39-31)17-16-29-33(34)26-7-5-10-30-35(26)38(29)28-9-3-2-8-27(28)37(30)24-14-12-22(13-15-24)23-18-20-36-21-19-23/h1-21,28H/q+1. The van der Waals surface area contributed by atoms with E-state index in [1.54, 1.807) is 0 Å². The lowest BCUT2D eigenvalue weighted by Gasteiger charge is -2.24. The van der Waals surface area contributed by atoms with Crippen LogP contribution in [0.15, 0.2) is 128 Å². The maximum atomic E-state index is 4.17. The SMILES string of the molecule is C1=CC2=[N+](c3ccc(-c4ccncc4)cc3)c3cccc4c5c6c(ccc5n(c34)C2C=C1)sc1ccccc16. The van der Waals surface area contributed by atoms with Crippen molar-refractivity contribution in [3.8, 4) is 11.1 Å². The molecule has 1 atom stereocenters. The molecule has 1 aliphatic carbocycles. The number of hydrogen-bond donors (Lipinski definition) is 0. The van der Waals surface area contributed by atoms with E-state index in [9.17, 15) is 0 Å². The first-order chi connectivity index (χ1) is 19.4. The molecule has 0 saturated heterocycles. The molecule has 4 aromatic carbocycles. The first-order valence-electron chi connectivity index (χ1n) is 13.3. The average Bonchev–Trinajstić information content (AvgIpc) is 3.55. The molecule has 3 aromatic heterocycles. The summed E-state index contributed by atoms with van der Waals surface area (Å²) in [7, 11) is 0. The van der Waals surface area contributed by atoms with Crippen LogP contribution in [0, 0.1) is 0 Å². The summed E-state index contributed by atoms with van der Waals surface area (Å²) in [5.74, 6) is 0. The fraction of sp³-hybridized carbons (Fsp3) is 0.0286. The van der Waals surface area contributed by atoms with Gasteiger partial charge in [-0.3, -0.25) is 4.98 Å². The lowest BCUT2D eigenvalue weighted by atomic mass is 10.0. The number of benzene rings is 4. The van der Waals surface area contributed by atoms with Gasteiger partial charge in [-0.25, -0.2) is 0 Å². The minimum atomic E-state index is 0.118. The number of nitrogens with zero attached hydrogens (tertiary/aromatic N) is 3. The Morgan fingerprint density at radius 2 is 1.51 bits per heavy atom. The first kappa shape index (κ1) is 21.2.